The number of hydrogen-bond donors (Lipinski definition) is 0. The van der Waals surface area contributed by atoms with Gasteiger partial charge in [-0.15, -0.1) is 11.3 Å². The van der Waals surface area contributed by atoms with Gasteiger partial charge in [0.15, 0.2) is 0 Å². The van der Waals surface area contributed by atoms with Crippen molar-refractivity contribution < 1.29 is 14.3 Å². The first kappa shape index (κ1) is 19.1. The van der Waals surface area contributed by atoms with Gasteiger partial charge in [-0.25, -0.2) is 4.98 Å². The van der Waals surface area contributed by atoms with Crippen LogP contribution in [0.4, 0.5) is 0 Å². The number of benzene rings is 1. The summed E-state index contributed by atoms with van der Waals surface area (Å²) in [5, 5.41) is 0.861. The van der Waals surface area contributed by atoms with Crippen LogP contribution in [0.1, 0.15) is 28.2 Å². The number of rotatable bonds is 3. The largest absolute Gasteiger partial charge is 0.378 e. The van der Waals surface area contributed by atoms with E-state index in [2.05, 4.69) is 4.98 Å². The minimum absolute atomic E-state index is 0.00309. The first-order chi connectivity index (χ1) is 13.6. The van der Waals surface area contributed by atoms with E-state index in [9.17, 15) is 9.59 Å². The molecule has 2 fully saturated rings. The second-order valence-electron chi connectivity index (χ2n) is 7.33. The van der Waals surface area contributed by atoms with Crippen molar-refractivity contribution >= 4 is 23.2 Å². The Morgan fingerprint density at radius 1 is 1.11 bits per heavy atom. The molecular formula is C21H25N3O3S. The molecule has 148 valence electrons. The van der Waals surface area contributed by atoms with E-state index < -0.39 is 0 Å². The average molecular weight is 400 g/mol. The number of likely N-dealkylation sites (tertiary alicyclic amines) is 1. The molecule has 2 saturated heterocycles. The smallest absolute Gasteiger partial charge is 0.265 e. The van der Waals surface area contributed by atoms with E-state index in [-0.39, 0.29) is 17.7 Å². The summed E-state index contributed by atoms with van der Waals surface area (Å²) in [7, 11) is 0. The standard InChI is InChI=1S/C21H25N3O3S/c1-15-18(28-19(22-15)16-6-3-2-4-7-16)21(26)24-9-5-8-17(14-24)20(25)23-10-12-27-13-11-23/h2-4,6-7,17H,5,8-14H2,1H3/t17-/m1/s1. The Balaban J connectivity index is 1.47. The third-order valence-electron chi connectivity index (χ3n) is 5.39. The maximum atomic E-state index is 13.2. The lowest BCUT2D eigenvalue weighted by Crippen LogP contribution is -2.49. The summed E-state index contributed by atoms with van der Waals surface area (Å²) >= 11 is 1.44. The van der Waals surface area contributed by atoms with Gasteiger partial charge in [-0.1, -0.05) is 30.3 Å². The molecule has 3 heterocycles. The van der Waals surface area contributed by atoms with Crippen molar-refractivity contribution in [3.8, 4) is 10.6 Å². The lowest BCUT2D eigenvalue weighted by Gasteiger charge is -2.36. The van der Waals surface area contributed by atoms with Gasteiger partial charge in [0.1, 0.15) is 9.88 Å². The van der Waals surface area contributed by atoms with Crippen molar-refractivity contribution in [2.75, 3.05) is 39.4 Å². The third kappa shape index (κ3) is 3.95. The number of aromatic nitrogens is 1. The van der Waals surface area contributed by atoms with E-state index in [0.717, 1.165) is 29.1 Å². The normalized spacial score (nSPS) is 20.2. The van der Waals surface area contributed by atoms with Crippen LogP contribution in [0.3, 0.4) is 0 Å². The molecule has 2 aromatic rings. The number of ether oxygens (including phenoxy) is 1. The number of hydrogen-bond acceptors (Lipinski definition) is 5. The molecule has 1 aromatic carbocycles. The SMILES string of the molecule is Cc1nc(-c2ccccc2)sc1C(=O)N1CCC[C@@H](C(=O)N2CCOCC2)C1. The minimum Gasteiger partial charge on any atom is -0.378 e. The van der Waals surface area contributed by atoms with Gasteiger partial charge in [-0.3, -0.25) is 9.59 Å². The minimum atomic E-state index is -0.113. The lowest BCUT2D eigenvalue weighted by atomic mass is 9.96. The van der Waals surface area contributed by atoms with Gasteiger partial charge in [0, 0.05) is 31.7 Å². The monoisotopic (exact) mass is 399 g/mol. The molecule has 2 amide bonds. The molecule has 0 radical (unpaired) electrons. The molecule has 0 spiro atoms. The molecule has 2 aliphatic heterocycles. The van der Waals surface area contributed by atoms with Crippen LogP contribution < -0.4 is 0 Å². The van der Waals surface area contributed by atoms with E-state index in [1.54, 1.807) is 0 Å². The highest BCUT2D eigenvalue weighted by Crippen LogP contribution is 2.30. The highest BCUT2D eigenvalue weighted by atomic mass is 32.1. The Bertz CT molecular complexity index is 846. The van der Waals surface area contributed by atoms with Crippen molar-refractivity contribution in [2.24, 2.45) is 5.92 Å². The molecule has 0 N–H and O–H groups in total. The lowest BCUT2D eigenvalue weighted by molar-refractivity contribution is -0.141. The molecule has 4 rings (SSSR count). The molecular weight excluding hydrogens is 374 g/mol. The Labute approximate surface area is 169 Å². The molecule has 1 atom stereocenters. The van der Waals surface area contributed by atoms with Crippen LogP contribution in [-0.4, -0.2) is 66.0 Å². The fourth-order valence-corrected chi connectivity index (χ4v) is 4.89. The summed E-state index contributed by atoms with van der Waals surface area (Å²) in [6.07, 6.45) is 1.70. The molecule has 6 nitrogen and oxygen atoms in total. The predicted molar refractivity (Wildman–Crippen MR) is 108 cm³/mol. The van der Waals surface area contributed by atoms with Crippen molar-refractivity contribution in [1.29, 1.82) is 0 Å². The zero-order valence-corrected chi connectivity index (χ0v) is 16.9. The second-order valence-corrected chi connectivity index (χ2v) is 8.33. The van der Waals surface area contributed by atoms with Gasteiger partial charge in [-0.2, -0.15) is 0 Å². The number of thiazole rings is 1. The summed E-state index contributed by atoms with van der Waals surface area (Å²) in [4.78, 5) is 35.0. The second kappa shape index (κ2) is 8.41. The highest BCUT2D eigenvalue weighted by Gasteiger charge is 2.33. The van der Waals surface area contributed by atoms with E-state index in [1.165, 1.54) is 11.3 Å². The van der Waals surface area contributed by atoms with Crippen molar-refractivity contribution in [3.05, 3.63) is 40.9 Å². The van der Waals surface area contributed by atoms with Crippen molar-refractivity contribution in [3.63, 3.8) is 0 Å². The van der Waals surface area contributed by atoms with Crippen LogP contribution in [0.5, 0.6) is 0 Å². The molecule has 0 bridgehead atoms. The Morgan fingerprint density at radius 2 is 1.86 bits per heavy atom. The molecule has 2 aliphatic rings. The van der Waals surface area contributed by atoms with Gasteiger partial charge >= 0.3 is 0 Å². The fourth-order valence-electron chi connectivity index (χ4n) is 3.85. The summed E-state index contributed by atoms with van der Waals surface area (Å²) in [6, 6.07) is 9.92. The van der Waals surface area contributed by atoms with Crippen LogP contribution in [0, 0.1) is 12.8 Å². The molecule has 28 heavy (non-hydrogen) atoms. The number of amides is 2. The summed E-state index contributed by atoms with van der Waals surface area (Å²) < 4.78 is 5.34. The topological polar surface area (TPSA) is 62.7 Å². The Hall–Kier alpha value is -2.25. The maximum Gasteiger partial charge on any atom is 0.265 e. The number of nitrogens with zero attached hydrogens (tertiary/aromatic N) is 3. The zero-order chi connectivity index (χ0) is 19.5. The van der Waals surface area contributed by atoms with Crippen LogP contribution in [0.15, 0.2) is 30.3 Å². The molecule has 7 heteroatoms. The number of morpholine rings is 1. The first-order valence-electron chi connectivity index (χ1n) is 9.82. The van der Waals surface area contributed by atoms with Crippen LogP contribution >= 0.6 is 11.3 Å². The average Bonchev–Trinajstić information content (AvgIpc) is 3.15. The zero-order valence-electron chi connectivity index (χ0n) is 16.1. The molecule has 1 aromatic heterocycles. The van der Waals surface area contributed by atoms with E-state index >= 15 is 0 Å². The van der Waals surface area contributed by atoms with Gasteiger partial charge in [0.05, 0.1) is 24.8 Å². The number of carbonyl (C=O) groups excluding carboxylic acids is 2. The highest BCUT2D eigenvalue weighted by molar-refractivity contribution is 7.17. The number of aryl methyl sites for hydroxylation is 1. The van der Waals surface area contributed by atoms with Gasteiger partial charge in [-0.05, 0) is 19.8 Å². The van der Waals surface area contributed by atoms with Crippen molar-refractivity contribution in [2.45, 2.75) is 19.8 Å². The molecule has 0 aliphatic carbocycles. The van der Waals surface area contributed by atoms with Crippen LogP contribution in [0.25, 0.3) is 10.6 Å². The quantitative estimate of drug-likeness (QED) is 0.796. The fraction of sp³-hybridized carbons (Fsp3) is 0.476. The summed E-state index contributed by atoms with van der Waals surface area (Å²) in [5.41, 5.74) is 1.78. The summed E-state index contributed by atoms with van der Waals surface area (Å²) in [6.45, 7) is 5.58. The number of piperidine rings is 1. The van der Waals surface area contributed by atoms with Crippen LogP contribution in [0.2, 0.25) is 0 Å². The van der Waals surface area contributed by atoms with E-state index in [1.807, 2.05) is 47.1 Å². The Morgan fingerprint density at radius 3 is 2.61 bits per heavy atom. The van der Waals surface area contributed by atoms with Crippen LogP contribution in [-0.2, 0) is 9.53 Å². The first-order valence-corrected chi connectivity index (χ1v) is 10.6. The predicted octanol–water partition coefficient (Wildman–Crippen LogP) is 2.83. The van der Waals surface area contributed by atoms with Gasteiger partial charge in [0.25, 0.3) is 5.91 Å². The summed E-state index contributed by atoms with van der Waals surface area (Å²) in [5.74, 6) is 0.0427. The molecule has 0 saturated carbocycles. The Kier molecular flexibility index (Phi) is 5.73. The molecule has 0 unspecified atom stereocenters. The number of carbonyl (C=O) groups is 2. The maximum absolute atomic E-state index is 13.2. The third-order valence-corrected chi connectivity index (χ3v) is 6.59. The van der Waals surface area contributed by atoms with E-state index in [0.29, 0.717) is 44.3 Å². The van der Waals surface area contributed by atoms with Gasteiger partial charge < -0.3 is 14.5 Å². The van der Waals surface area contributed by atoms with E-state index in [4.69, 9.17) is 4.74 Å². The van der Waals surface area contributed by atoms with Crippen molar-refractivity contribution in [1.82, 2.24) is 14.8 Å². The van der Waals surface area contributed by atoms with Gasteiger partial charge in [0.2, 0.25) is 5.91 Å².